The van der Waals surface area contributed by atoms with Crippen LogP contribution in [0.2, 0.25) is 0 Å². The third-order valence-electron chi connectivity index (χ3n) is 4.35. The van der Waals surface area contributed by atoms with Crippen LogP contribution in [0.15, 0.2) is 0 Å². The quantitative estimate of drug-likeness (QED) is 0.821. The minimum Gasteiger partial charge on any atom is -0.481 e. The van der Waals surface area contributed by atoms with Gasteiger partial charge in [-0.3, -0.25) is 4.79 Å². The second kappa shape index (κ2) is 6.78. The van der Waals surface area contributed by atoms with E-state index in [1.807, 2.05) is 4.90 Å². The first kappa shape index (κ1) is 14.2. The SMILES string of the molecule is O=C(O)CCC1CCN(C(=O)NC2CCCC2)CC1. The summed E-state index contributed by atoms with van der Waals surface area (Å²) >= 11 is 0. The van der Waals surface area contributed by atoms with Crippen molar-refractivity contribution in [2.24, 2.45) is 5.92 Å². The molecule has 2 aliphatic rings. The van der Waals surface area contributed by atoms with E-state index in [4.69, 9.17) is 5.11 Å². The van der Waals surface area contributed by atoms with Crippen LogP contribution in [-0.2, 0) is 4.79 Å². The van der Waals surface area contributed by atoms with Crippen molar-refractivity contribution in [3.8, 4) is 0 Å². The topological polar surface area (TPSA) is 69.6 Å². The Morgan fingerprint density at radius 3 is 2.32 bits per heavy atom. The molecule has 0 atom stereocenters. The smallest absolute Gasteiger partial charge is 0.317 e. The minimum atomic E-state index is -0.721. The van der Waals surface area contributed by atoms with Crippen LogP contribution in [0.4, 0.5) is 4.79 Å². The average Bonchev–Trinajstić information content (AvgIpc) is 2.89. The first-order valence-corrected chi connectivity index (χ1v) is 7.42. The zero-order valence-corrected chi connectivity index (χ0v) is 11.4. The van der Waals surface area contributed by atoms with Crippen molar-refractivity contribution in [1.29, 1.82) is 0 Å². The zero-order valence-electron chi connectivity index (χ0n) is 11.4. The molecule has 1 saturated carbocycles. The van der Waals surface area contributed by atoms with Crippen molar-refractivity contribution < 1.29 is 14.7 Å². The van der Waals surface area contributed by atoms with E-state index in [1.165, 1.54) is 12.8 Å². The molecule has 19 heavy (non-hydrogen) atoms. The fourth-order valence-corrected chi connectivity index (χ4v) is 3.09. The number of carbonyl (C=O) groups is 2. The number of carboxylic acid groups (broad SMARTS) is 1. The molecule has 0 aromatic rings. The normalized spacial score (nSPS) is 21.6. The monoisotopic (exact) mass is 268 g/mol. The highest BCUT2D eigenvalue weighted by atomic mass is 16.4. The van der Waals surface area contributed by atoms with Crippen LogP contribution < -0.4 is 5.32 Å². The number of hydrogen-bond acceptors (Lipinski definition) is 2. The molecule has 1 heterocycles. The van der Waals surface area contributed by atoms with Crippen LogP contribution in [0, 0.1) is 5.92 Å². The predicted octanol–water partition coefficient (Wildman–Crippen LogP) is 2.22. The lowest BCUT2D eigenvalue weighted by atomic mass is 9.92. The minimum absolute atomic E-state index is 0.0728. The van der Waals surface area contributed by atoms with Crippen LogP contribution in [0.1, 0.15) is 51.4 Å². The van der Waals surface area contributed by atoms with Crippen molar-refractivity contribution in [2.45, 2.75) is 57.4 Å². The number of hydrogen-bond donors (Lipinski definition) is 2. The third kappa shape index (κ3) is 4.40. The molecule has 2 rings (SSSR count). The Bertz CT molecular complexity index is 319. The van der Waals surface area contributed by atoms with Gasteiger partial charge in [0, 0.05) is 25.6 Å². The molecule has 1 saturated heterocycles. The van der Waals surface area contributed by atoms with Gasteiger partial charge in [0.15, 0.2) is 0 Å². The van der Waals surface area contributed by atoms with E-state index >= 15 is 0 Å². The van der Waals surface area contributed by atoms with E-state index in [1.54, 1.807) is 0 Å². The molecule has 1 aliphatic carbocycles. The second-order valence-electron chi connectivity index (χ2n) is 5.79. The molecule has 0 radical (unpaired) electrons. The lowest BCUT2D eigenvalue weighted by Gasteiger charge is -2.32. The maximum Gasteiger partial charge on any atom is 0.317 e. The van der Waals surface area contributed by atoms with Crippen molar-refractivity contribution in [3.63, 3.8) is 0 Å². The zero-order chi connectivity index (χ0) is 13.7. The number of likely N-dealkylation sites (tertiary alicyclic amines) is 1. The summed E-state index contributed by atoms with van der Waals surface area (Å²) in [6, 6.07) is 0.445. The Balaban J connectivity index is 1.67. The summed E-state index contributed by atoms with van der Waals surface area (Å²) in [6.45, 7) is 1.53. The van der Waals surface area contributed by atoms with Gasteiger partial charge in [0.05, 0.1) is 0 Å². The van der Waals surface area contributed by atoms with Gasteiger partial charge in [-0.25, -0.2) is 4.79 Å². The molecule has 0 aromatic heterocycles. The van der Waals surface area contributed by atoms with Gasteiger partial charge < -0.3 is 15.3 Å². The number of carboxylic acids is 1. The number of aliphatic carboxylic acids is 1. The fraction of sp³-hybridized carbons (Fsp3) is 0.857. The second-order valence-corrected chi connectivity index (χ2v) is 5.79. The number of urea groups is 1. The number of rotatable bonds is 4. The Labute approximate surface area is 114 Å². The highest BCUT2D eigenvalue weighted by molar-refractivity contribution is 5.74. The first-order valence-electron chi connectivity index (χ1n) is 7.42. The van der Waals surface area contributed by atoms with E-state index in [2.05, 4.69) is 5.32 Å². The molecule has 0 unspecified atom stereocenters. The van der Waals surface area contributed by atoms with E-state index in [0.29, 0.717) is 12.0 Å². The van der Waals surface area contributed by atoms with Crippen molar-refractivity contribution >= 4 is 12.0 Å². The first-order chi connectivity index (χ1) is 9.15. The van der Waals surface area contributed by atoms with Gasteiger partial charge in [-0.05, 0) is 38.0 Å². The van der Waals surface area contributed by atoms with Gasteiger partial charge in [-0.1, -0.05) is 12.8 Å². The number of nitrogens with zero attached hydrogens (tertiary/aromatic N) is 1. The number of carbonyl (C=O) groups excluding carboxylic acids is 1. The Morgan fingerprint density at radius 2 is 1.74 bits per heavy atom. The lowest BCUT2D eigenvalue weighted by molar-refractivity contribution is -0.137. The lowest BCUT2D eigenvalue weighted by Crippen LogP contribution is -2.47. The van der Waals surface area contributed by atoms with Crippen LogP contribution in [0.25, 0.3) is 0 Å². The predicted molar refractivity (Wildman–Crippen MR) is 72.0 cm³/mol. The van der Waals surface area contributed by atoms with Crippen LogP contribution in [0.3, 0.4) is 0 Å². The van der Waals surface area contributed by atoms with Gasteiger partial charge >= 0.3 is 12.0 Å². The van der Waals surface area contributed by atoms with Crippen molar-refractivity contribution in [1.82, 2.24) is 10.2 Å². The molecule has 2 fully saturated rings. The maximum absolute atomic E-state index is 12.0. The summed E-state index contributed by atoms with van der Waals surface area (Å²) < 4.78 is 0. The largest absolute Gasteiger partial charge is 0.481 e. The maximum atomic E-state index is 12.0. The summed E-state index contributed by atoms with van der Waals surface area (Å²) in [5.41, 5.74) is 0. The fourth-order valence-electron chi connectivity index (χ4n) is 3.09. The molecule has 5 nitrogen and oxygen atoms in total. The molecule has 2 N–H and O–H groups in total. The number of amides is 2. The molecular formula is C14H24N2O3. The average molecular weight is 268 g/mol. The van der Waals surface area contributed by atoms with Gasteiger partial charge in [0.1, 0.15) is 0 Å². The van der Waals surface area contributed by atoms with Crippen molar-refractivity contribution in [2.75, 3.05) is 13.1 Å². The summed E-state index contributed by atoms with van der Waals surface area (Å²) in [4.78, 5) is 24.5. The summed E-state index contributed by atoms with van der Waals surface area (Å²) in [5, 5.41) is 11.8. The van der Waals surface area contributed by atoms with E-state index in [0.717, 1.165) is 45.2 Å². The molecule has 5 heteroatoms. The highest BCUT2D eigenvalue weighted by Crippen LogP contribution is 2.23. The van der Waals surface area contributed by atoms with Gasteiger partial charge in [0.2, 0.25) is 0 Å². The van der Waals surface area contributed by atoms with Gasteiger partial charge in [0.25, 0.3) is 0 Å². The number of nitrogens with one attached hydrogen (secondary N) is 1. The molecular weight excluding hydrogens is 244 g/mol. The van der Waals surface area contributed by atoms with Crippen molar-refractivity contribution in [3.05, 3.63) is 0 Å². The van der Waals surface area contributed by atoms with Gasteiger partial charge in [-0.15, -0.1) is 0 Å². The third-order valence-corrected chi connectivity index (χ3v) is 4.35. The number of piperidine rings is 1. The van der Waals surface area contributed by atoms with E-state index in [-0.39, 0.29) is 12.5 Å². The standard InChI is InChI=1S/C14H24N2O3/c17-13(18)6-5-11-7-9-16(10-8-11)14(19)15-12-3-1-2-4-12/h11-12H,1-10H2,(H,15,19)(H,17,18). The Kier molecular flexibility index (Phi) is 5.05. The van der Waals surface area contributed by atoms with Crippen LogP contribution >= 0.6 is 0 Å². The Hall–Kier alpha value is -1.26. The highest BCUT2D eigenvalue weighted by Gasteiger charge is 2.25. The van der Waals surface area contributed by atoms with Gasteiger partial charge in [-0.2, -0.15) is 0 Å². The molecule has 108 valence electrons. The summed E-state index contributed by atoms with van der Waals surface area (Å²) in [6.07, 6.45) is 7.54. The van der Waals surface area contributed by atoms with E-state index in [9.17, 15) is 9.59 Å². The Morgan fingerprint density at radius 1 is 1.11 bits per heavy atom. The van der Waals surface area contributed by atoms with Crippen LogP contribution in [-0.4, -0.2) is 41.1 Å². The molecule has 2 amide bonds. The molecule has 0 spiro atoms. The molecule has 0 aromatic carbocycles. The van der Waals surface area contributed by atoms with E-state index < -0.39 is 5.97 Å². The summed E-state index contributed by atoms with van der Waals surface area (Å²) in [7, 11) is 0. The van der Waals surface area contributed by atoms with Crippen LogP contribution in [0.5, 0.6) is 0 Å². The molecule has 0 bridgehead atoms. The summed E-state index contributed by atoms with van der Waals surface area (Å²) in [5.74, 6) is -0.256. The molecule has 1 aliphatic heterocycles.